The zero-order valence-corrected chi connectivity index (χ0v) is 11.0. The number of aromatic carboxylic acids is 1. The molecule has 0 fully saturated rings. The molecule has 0 spiro atoms. The largest absolute Gasteiger partial charge is 0.477 e. The van der Waals surface area contributed by atoms with Crippen molar-refractivity contribution in [2.24, 2.45) is 0 Å². The quantitative estimate of drug-likeness (QED) is 0.601. The summed E-state index contributed by atoms with van der Waals surface area (Å²) in [6.07, 6.45) is 1.18. The first kappa shape index (κ1) is 12.9. The molecule has 1 aromatic rings. The van der Waals surface area contributed by atoms with E-state index < -0.39 is 5.97 Å². The number of hydrogen-bond acceptors (Lipinski definition) is 4. The number of hydrogen-bond donors (Lipinski definition) is 1. The van der Waals surface area contributed by atoms with Crippen molar-refractivity contribution in [3.63, 3.8) is 0 Å². The molecule has 0 saturated carbocycles. The Morgan fingerprint density at radius 3 is 2.93 bits per heavy atom. The van der Waals surface area contributed by atoms with Gasteiger partial charge >= 0.3 is 5.97 Å². The number of carboxylic acids is 1. The molecule has 0 aliphatic carbocycles. The van der Waals surface area contributed by atoms with Crippen LogP contribution in [0.4, 0.5) is 0 Å². The van der Waals surface area contributed by atoms with Crippen LogP contribution in [0.25, 0.3) is 0 Å². The molecular formula is C10H14O2S3. The molecule has 1 heterocycles. The molecule has 0 unspecified atom stereocenters. The molecule has 0 saturated heterocycles. The molecule has 1 aromatic heterocycles. The number of rotatable bonds is 7. The smallest absolute Gasteiger partial charge is 0.345 e. The Kier molecular flexibility index (Phi) is 6.20. The Bertz CT molecular complexity index is 309. The molecule has 0 atom stereocenters. The molecule has 84 valence electrons. The minimum Gasteiger partial charge on any atom is -0.477 e. The zero-order valence-electron chi connectivity index (χ0n) is 8.56. The molecule has 0 aliphatic heterocycles. The van der Waals surface area contributed by atoms with Gasteiger partial charge in [0, 0.05) is 10.3 Å². The second-order valence-electron chi connectivity index (χ2n) is 2.85. The molecule has 2 nitrogen and oxygen atoms in total. The van der Waals surface area contributed by atoms with Crippen molar-refractivity contribution in [2.75, 3.05) is 17.3 Å². The molecule has 1 rings (SSSR count). The molecule has 5 heteroatoms. The second-order valence-corrected chi connectivity index (χ2v) is 6.32. The molecule has 0 amide bonds. The fourth-order valence-corrected chi connectivity index (χ4v) is 3.65. The van der Waals surface area contributed by atoms with Gasteiger partial charge in [0.1, 0.15) is 4.88 Å². The fourth-order valence-electron chi connectivity index (χ4n) is 1.00. The Balaban J connectivity index is 2.23. The predicted molar refractivity (Wildman–Crippen MR) is 69.6 cm³/mol. The minimum atomic E-state index is -0.826. The van der Waals surface area contributed by atoms with Crippen molar-refractivity contribution in [2.45, 2.75) is 18.2 Å². The van der Waals surface area contributed by atoms with Gasteiger partial charge in [-0.1, -0.05) is 6.92 Å². The van der Waals surface area contributed by atoms with E-state index in [4.69, 9.17) is 5.11 Å². The summed E-state index contributed by atoms with van der Waals surface area (Å²) in [5.41, 5.74) is 0. The van der Waals surface area contributed by atoms with Gasteiger partial charge in [-0.15, -0.1) is 23.1 Å². The van der Waals surface area contributed by atoms with Crippen LogP contribution in [-0.2, 0) is 0 Å². The number of carbonyl (C=O) groups is 1. The number of thioether (sulfide) groups is 2. The third kappa shape index (κ3) is 4.95. The van der Waals surface area contributed by atoms with Gasteiger partial charge in [0.15, 0.2) is 0 Å². The van der Waals surface area contributed by atoms with Crippen molar-refractivity contribution < 1.29 is 9.90 Å². The maximum absolute atomic E-state index is 10.6. The minimum absolute atomic E-state index is 0.431. The van der Waals surface area contributed by atoms with Crippen LogP contribution >= 0.6 is 34.9 Å². The maximum atomic E-state index is 10.6. The normalized spacial score (nSPS) is 10.5. The first-order valence-corrected chi connectivity index (χ1v) is 7.78. The highest BCUT2D eigenvalue weighted by Gasteiger charge is 2.06. The van der Waals surface area contributed by atoms with E-state index in [0.29, 0.717) is 4.88 Å². The average molecular weight is 262 g/mol. The average Bonchev–Trinajstić information content (AvgIpc) is 2.66. The van der Waals surface area contributed by atoms with E-state index in [1.807, 2.05) is 17.1 Å². The van der Waals surface area contributed by atoms with E-state index in [1.54, 1.807) is 17.8 Å². The van der Waals surface area contributed by atoms with Gasteiger partial charge < -0.3 is 5.11 Å². The fraction of sp³-hybridized carbons (Fsp3) is 0.500. The lowest BCUT2D eigenvalue weighted by atomic mass is 10.5. The van der Waals surface area contributed by atoms with Crippen LogP contribution in [0, 0.1) is 0 Å². The van der Waals surface area contributed by atoms with Gasteiger partial charge in [0.25, 0.3) is 0 Å². The third-order valence-electron chi connectivity index (χ3n) is 1.69. The summed E-state index contributed by atoms with van der Waals surface area (Å²) in [6.45, 7) is 2.16. The highest BCUT2D eigenvalue weighted by atomic mass is 32.2. The summed E-state index contributed by atoms with van der Waals surface area (Å²) in [7, 11) is 0. The van der Waals surface area contributed by atoms with Crippen LogP contribution in [0.2, 0.25) is 0 Å². The lowest BCUT2D eigenvalue weighted by molar-refractivity contribution is 0.0702. The van der Waals surface area contributed by atoms with E-state index in [1.165, 1.54) is 29.3 Å². The molecule has 0 aliphatic rings. The number of carboxylic acid groups (broad SMARTS) is 1. The van der Waals surface area contributed by atoms with Crippen molar-refractivity contribution in [3.8, 4) is 0 Å². The first-order valence-electron chi connectivity index (χ1n) is 4.76. The molecule has 0 bridgehead atoms. The van der Waals surface area contributed by atoms with Crippen molar-refractivity contribution >= 4 is 40.8 Å². The summed E-state index contributed by atoms with van der Waals surface area (Å²) < 4.78 is 0. The third-order valence-corrected chi connectivity index (χ3v) is 4.81. The van der Waals surface area contributed by atoms with Gasteiger partial charge in [-0.3, -0.25) is 0 Å². The summed E-state index contributed by atoms with van der Waals surface area (Å²) in [4.78, 5) is 12.1. The lowest BCUT2D eigenvalue weighted by Crippen LogP contribution is -1.90. The van der Waals surface area contributed by atoms with E-state index in [-0.39, 0.29) is 0 Å². The standard InChI is InChI=1S/C10H14O2S3/c1-2-13-4-3-5-14-8-6-9(10(11)12)15-7-8/h6-7H,2-5H2,1H3,(H,11,12). The molecular weight excluding hydrogens is 248 g/mol. The van der Waals surface area contributed by atoms with Crippen molar-refractivity contribution in [1.82, 2.24) is 0 Å². The Morgan fingerprint density at radius 2 is 2.33 bits per heavy atom. The highest BCUT2D eigenvalue weighted by Crippen LogP contribution is 2.25. The predicted octanol–water partition coefficient (Wildman–Crippen LogP) is 3.68. The van der Waals surface area contributed by atoms with Crippen LogP contribution in [0.15, 0.2) is 16.3 Å². The van der Waals surface area contributed by atoms with Gasteiger partial charge in [0.05, 0.1) is 0 Å². The lowest BCUT2D eigenvalue weighted by Gasteiger charge is -1.97. The summed E-state index contributed by atoms with van der Waals surface area (Å²) in [5.74, 6) is 2.61. The highest BCUT2D eigenvalue weighted by molar-refractivity contribution is 8.00. The topological polar surface area (TPSA) is 37.3 Å². The van der Waals surface area contributed by atoms with Crippen molar-refractivity contribution in [1.29, 1.82) is 0 Å². The molecule has 15 heavy (non-hydrogen) atoms. The Hall–Kier alpha value is -0.130. The second kappa shape index (κ2) is 7.19. The van der Waals surface area contributed by atoms with Gasteiger partial charge in [-0.25, -0.2) is 4.79 Å². The monoisotopic (exact) mass is 262 g/mol. The molecule has 0 aromatic carbocycles. The summed E-state index contributed by atoms with van der Waals surface area (Å²) in [5, 5.41) is 10.7. The van der Waals surface area contributed by atoms with Gasteiger partial charge in [0.2, 0.25) is 0 Å². The van der Waals surface area contributed by atoms with E-state index in [2.05, 4.69) is 6.92 Å². The maximum Gasteiger partial charge on any atom is 0.345 e. The van der Waals surface area contributed by atoms with E-state index in [0.717, 1.165) is 10.6 Å². The van der Waals surface area contributed by atoms with Gasteiger partial charge in [-0.2, -0.15) is 11.8 Å². The molecule has 1 N–H and O–H groups in total. The van der Waals surface area contributed by atoms with E-state index >= 15 is 0 Å². The van der Waals surface area contributed by atoms with Crippen LogP contribution in [0.3, 0.4) is 0 Å². The summed E-state index contributed by atoms with van der Waals surface area (Å²) in [6, 6.07) is 1.75. The number of thiophene rings is 1. The SMILES string of the molecule is CCSCCCSc1csc(C(=O)O)c1. The van der Waals surface area contributed by atoms with Crippen LogP contribution in [-0.4, -0.2) is 28.3 Å². The van der Waals surface area contributed by atoms with Crippen molar-refractivity contribution in [3.05, 3.63) is 16.3 Å². The summed E-state index contributed by atoms with van der Waals surface area (Å²) >= 11 is 4.99. The van der Waals surface area contributed by atoms with Crippen LogP contribution in [0.1, 0.15) is 23.0 Å². The zero-order chi connectivity index (χ0) is 11.1. The Morgan fingerprint density at radius 1 is 1.53 bits per heavy atom. The Labute approximate surface area is 102 Å². The van der Waals surface area contributed by atoms with Crippen LogP contribution < -0.4 is 0 Å². The first-order chi connectivity index (χ1) is 7.24. The molecule has 0 radical (unpaired) electrons. The van der Waals surface area contributed by atoms with Gasteiger partial charge in [-0.05, 0) is 29.7 Å². The van der Waals surface area contributed by atoms with E-state index in [9.17, 15) is 4.79 Å². The van der Waals surface area contributed by atoms with Crippen LogP contribution in [0.5, 0.6) is 0 Å².